The van der Waals surface area contributed by atoms with Gasteiger partial charge >= 0.3 is 0 Å². The average molecular weight is 419 g/mol. The van der Waals surface area contributed by atoms with Gasteiger partial charge in [0, 0.05) is 22.1 Å². The Morgan fingerprint density at radius 2 is 1.79 bits per heavy atom. The van der Waals surface area contributed by atoms with Crippen LogP contribution in [0.25, 0.3) is 11.1 Å². The van der Waals surface area contributed by atoms with E-state index in [-0.39, 0.29) is 5.91 Å². The number of hydrogen-bond acceptors (Lipinski definition) is 4. The molecule has 2 N–H and O–H groups in total. The molecule has 0 aliphatic rings. The molecule has 0 bridgehead atoms. The van der Waals surface area contributed by atoms with Crippen LogP contribution in [0.15, 0.2) is 64.5 Å². The third-order valence-electron chi connectivity index (χ3n) is 3.31. The quantitative estimate of drug-likeness (QED) is 0.490. The molecule has 6 heteroatoms. The number of carbonyl (C=O) groups is 1. The molecule has 0 atom stereocenters. The van der Waals surface area contributed by atoms with E-state index in [1.807, 2.05) is 66.2 Å². The predicted octanol–water partition coefficient (Wildman–Crippen LogP) is 6.12. The molecule has 24 heavy (non-hydrogen) atoms. The summed E-state index contributed by atoms with van der Waals surface area (Å²) < 4.78 is 4.08. The minimum atomic E-state index is -0.101. The van der Waals surface area contributed by atoms with Crippen molar-refractivity contribution in [3.05, 3.63) is 69.3 Å². The first kappa shape index (κ1) is 17.1. The van der Waals surface area contributed by atoms with Crippen LogP contribution in [-0.2, 0) is 0 Å². The Morgan fingerprint density at radius 3 is 2.54 bits per heavy atom. The zero-order chi connectivity index (χ0) is 16.9. The molecule has 2 aromatic carbocycles. The maximum atomic E-state index is 12.5. The summed E-state index contributed by atoms with van der Waals surface area (Å²) in [5.41, 5.74) is 3.86. The molecule has 0 aliphatic carbocycles. The number of amides is 1. The normalized spacial score (nSPS) is 10.4. The smallest absolute Gasteiger partial charge is 0.265 e. The van der Waals surface area contributed by atoms with Crippen molar-refractivity contribution in [2.45, 2.75) is 0 Å². The topological polar surface area (TPSA) is 41.1 Å². The summed E-state index contributed by atoms with van der Waals surface area (Å²) in [4.78, 5) is 13.2. The van der Waals surface area contributed by atoms with Gasteiger partial charge in [-0.2, -0.15) is 0 Å². The van der Waals surface area contributed by atoms with Gasteiger partial charge in [0.25, 0.3) is 5.91 Å². The van der Waals surface area contributed by atoms with Crippen molar-refractivity contribution in [1.82, 2.24) is 0 Å². The Labute approximate surface area is 157 Å². The summed E-state index contributed by atoms with van der Waals surface area (Å²) in [7, 11) is 0. The van der Waals surface area contributed by atoms with Gasteiger partial charge in [0.2, 0.25) is 0 Å². The van der Waals surface area contributed by atoms with Crippen LogP contribution in [0, 0.1) is 0 Å². The molecule has 0 fully saturated rings. The first-order chi connectivity index (χ1) is 11.7. The van der Waals surface area contributed by atoms with Gasteiger partial charge < -0.3 is 10.0 Å². The third-order valence-corrected chi connectivity index (χ3v) is 5.13. The van der Waals surface area contributed by atoms with E-state index in [1.165, 1.54) is 23.3 Å². The average Bonchev–Trinajstić information content (AvgIpc) is 3.05. The summed E-state index contributed by atoms with van der Waals surface area (Å²) >= 11 is 6.42. The van der Waals surface area contributed by atoms with Gasteiger partial charge in [-0.25, -0.2) is 0 Å². The second-order valence-electron chi connectivity index (χ2n) is 5.05. The lowest BCUT2D eigenvalue weighted by Crippen LogP contribution is -2.10. The summed E-state index contributed by atoms with van der Waals surface area (Å²) in [6.45, 7) is 0. The van der Waals surface area contributed by atoms with Crippen LogP contribution in [-0.4, -0.2) is 12.2 Å². The van der Waals surface area contributed by atoms with Crippen LogP contribution in [0.3, 0.4) is 0 Å². The second kappa shape index (κ2) is 7.88. The molecule has 3 nitrogen and oxygen atoms in total. The van der Waals surface area contributed by atoms with Crippen molar-refractivity contribution in [1.29, 1.82) is 0 Å². The Bertz CT molecular complexity index is 849. The van der Waals surface area contributed by atoms with Crippen molar-refractivity contribution in [2.75, 3.05) is 16.3 Å². The van der Waals surface area contributed by atoms with E-state index >= 15 is 0 Å². The molecule has 1 heterocycles. The molecular formula is C18H15BrN2OS2. The Morgan fingerprint density at radius 1 is 1.04 bits per heavy atom. The number of rotatable bonds is 5. The van der Waals surface area contributed by atoms with E-state index in [0.29, 0.717) is 4.88 Å². The fraction of sp³-hybridized carbons (Fsp3) is 0.0556. The monoisotopic (exact) mass is 418 g/mol. The molecule has 0 radical (unpaired) electrons. The Kier molecular flexibility index (Phi) is 5.60. The summed E-state index contributed by atoms with van der Waals surface area (Å²) in [5, 5.41) is 4.96. The number of nitrogens with one attached hydrogen (secondary N) is 2. The Hall–Kier alpha value is -1.76. The SMILES string of the molecule is CSNc1cc(Br)cc(NC(=O)c2cc(-c3ccccc3)cs2)c1. The van der Waals surface area contributed by atoms with Crippen molar-refractivity contribution < 1.29 is 4.79 Å². The number of hydrogen-bond donors (Lipinski definition) is 2. The highest BCUT2D eigenvalue weighted by Crippen LogP contribution is 2.28. The van der Waals surface area contributed by atoms with Gasteiger partial charge in [-0.05, 0) is 40.8 Å². The van der Waals surface area contributed by atoms with Crippen LogP contribution >= 0.6 is 39.2 Å². The van der Waals surface area contributed by atoms with Crippen LogP contribution in [0.1, 0.15) is 9.67 Å². The maximum Gasteiger partial charge on any atom is 0.265 e. The second-order valence-corrected chi connectivity index (χ2v) is 7.49. The minimum absolute atomic E-state index is 0.101. The van der Waals surface area contributed by atoms with Gasteiger partial charge in [0.05, 0.1) is 4.88 Å². The van der Waals surface area contributed by atoms with Crippen molar-refractivity contribution in [3.63, 3.8) is 0 Å². The van der Waals surface area contributed by atoms with E-state index in [1.54, 1.807) is 0 Å². The van der Waals surface area contributed by atoms with Gasteiger partial charge in [-0.15, -0.1) is 11.3 Å². The molecular weight excluding hydrogens is 404 g/mol. The van der Waals surface area contributed by atoms with Crippen LogP contribution in [0.4, 0.5) is 11.4 Å². The summed E-state index contributed by atoms with van der Waals surface area (Å²) in [6, 6.07) is 17.7. The summed E-state index contributed by atoms with van der Waals surface area (Å²) in [6.07, 6.45) is 1.95. The first-order valence-electron chi connectivity index (χ1n) is 7.20. The zero-order valence-electron chi connectivity index (χ0n) is 12.9. The molecule has 0 unspecified atom stereocenters. The highest BCUT2D eigenvalue weighted by molar-refractivity contribution is 9.10. The fourth-order valence-corrected chi connectivity index (χ4v) is 3.93. The number of halogens is 1. The largest absolute Gasteiger partial charge is 0.330 e. The third kappa shape index (κ3) is 4.20. The molecule has 0 aliphatic heterocycles. The zero-order valence-corrected chi connectivity index (χ0v) is 16.1. The molecule has 3 aromatic rings. The molecule has 1 aromatic heterocycles. The number of anilines is 2. The van der Waals surface area contributed by atoms with Gasteiger partial charge in [0.15, 0.2) is 0 Å². The van der Waals surface area contributed by atoms with Gasteiger partial charge in [-0.3, -0.25) is 4.79 Å². The number of thiophene rings is 1. The number of carbonyl (C=O) groups excluding carboxylic acids is 1. The minimum Gasteiger partial charge on any atom is -0.330 e. The van der Waals surface area contributed by atoms with Gasteiger partial charge in [0.1, 0.15) is 0 Å². The van der Waals surface area contributed by atoms with E-state index in [0.717, 1.165) is 27.0 Å². The van der Waals surface area contributed by atoms with Crippen molar-refractivity contribution >= 4 is 56.5 Å². The molecule has 0 spiro atoms. The molecule has 0 saturated heterocycles. The van der Waals surface area contributed by atoms with Crippen LogP contribution in [0.5, 0.6) is 0 Å². The molecule has 122 valence electrons. The lowest BCUT2D eigenvalue weighted by Gasteiger charge is -2.08. The maximum absolute atomic E-state index is 12.5. The highest BCUT2D eigenvalue weighted by atomic mass is 79.9. The lowest BCUT2D eigenvalue weighted by molar-refractivity contribution is 0.103. The summed E-state index contributed by atoms with van der Waals surface area (Å²) in [5.74, 6) is -0.101. The first-order valence-corrected chi connectivity index (χ1v) is 10.1. The van der Waals surface area contributed by atoms with Crippen molar-refractivity contribution in [2.24, 2.45) is 0 Å². The van der Waals surface area contributed by atoms with Crippen LogP contribution in [0.2, 0.25) is 0 Å². The standard InChI is InChI=1S/C18H15BrN2OS2/c1-23-21-16-9-14(19)8-15(10-16)20-18(22)17-7-13(11-24-17)12-5-3-2-4-6-12/h2-11,21H,1H3,(H,20,22). The van der Waals surface area contributed by atoms with Crippen molar-refractivity contribution in [3.8, 4) is 11.1 Å². The predicted molar refractivity (Wildman–Crippen MR) is 109 cm³/mol. The lowest BCUT2D eigenvalue weighted by atomic mass is 10.1. The molecule has 3 rings (SSSR count). The molecule has 1 amide bonds. The van der Waals surface area contributed by atoms with E-state index in [2.05, 4.69) is 26.0 Å². The van der Waals surface area contributed by atoms with Gasteiger partial charge in [-0.1, -0.05) is 58.2 Å². The molecule has 0 saturated carbocycles. The fourth-order valence-electron chi connectivity index (χ4n) is 2.27. The number of benzene rings is 2. The highest BCUT2D eigenvalue weighted by Gasteiger charge is 2.11. The van der Waals surface area contributed by atoms with Crippen LogP contribution < -0.4 is 10.0 Å². The van der Waals surface area contributed by atoms with E-state index in [4.69, 9.17) is 0 Å². The van der Waals surface area contributed by atoms with E-state index in [9.17, 15) is 4.79 Å². The Balaban J connectivity index is 1.77. The van der Waals surface area contributed by atoms with E-state index < -0.39 is 0 Å².